The van der Waals surface area contributed by atoms with Crippen molar-refractivity contribution in [1.82, 2.24) is 0 Å². The molecule has 0 radical (unpaired) electrons. The van der Waals surface area contributed by atoms with Crippen LogP contribution in [0.4, 0.5) is 14.5 Å². The molecule has 0 unspecified atom stereocenters. The van der Waals surface area contributed by atoms with Gasteiger partial charge in [-0.25, -0.2) is 9.79 Å². The number of esters is 1. The molecule has 0 atom stereocenters. The molecule has 2 heterocycles. The Kier molecular flexibility index (Phi) is 6.16. The molecular weight excluding hydrogens is 422 g/mol. The second kappa shape index (κ2) is 9.17. The molecule has 0 aliphatic carbocycles. The molecule has 0 N–H and O–H groups in total. The lowest BCUT2D eigenvalue weighted by molar-refractivity contribution is -0.130. The molecular formula is C23H20F2N2O5. The van der Waals surface area contributed by atoms with E-state index in [1.54, 1.807) is 36.1 Å². The van der Waals surface area contributed by atoms with Crippen molar-refractivity contribution in [2.75, 3.05) is 18.1 Å². The fourth-order valence-electron chi connectivity index (χ4n) is 3.47. The summed E-state index contributed by atoms with van der Waals surface area (Å²) >= 11 is 0. The first-order valence-corrected chi connectivity index (χ1v) is 10.1. The largest absolute Gasteiger partial charge is 0.490 e. The van der Waals surface area contributed by atoms with Crippen LogP contribution in [0.3, 0.4) is 0 Å². The molecule has 7 nitrogen and oxygen atoms in total. The Bertz CT molecular complexity index is 1100. The van der Waals surface area contributed by atoms with Crippen molar-refractivity contribution < 1.29 is 32.6 Å². The smallest absolute Gasteiger partial charge is 0.387 e. The Morgan fingerprint density at radius 1 is 1.16 bits per heavy atom. The van der Waals surface area contributed by atoms with Gasteiger partial charge in [0.25, 0.3) is 0 Å². The van der Waals surface area contributed by atoms with E-state index in [-0.39, 0.29) is 35.6 Å². The van der Waals surface area contributed by atoms with E-state index in [1.807, 2.05) is 0 Å². The molecule has 0 saturated carbocycles. The molecule has 9 heteroatoms. The van der Waals surface area contributed by atoms with E-state index in [9.17, 15) is 18.4 Å². The van der Waals surface area contributed by atoms with Gasteiger partial charge in [0.2, 0.25) is 11.8 Å². The molecule has 166 valence electrons. The number of nitrogens with zero attached hydrogens (tertiary/aromatic N) is 2. The van der Waals surface area contributed by atoms with Crippen LogP contribution in [0.25, 0.3) is 6.08 Å². The maximum atomic E-state index is 12.6. The van der Waals surface area contributed by atoms with E-state index in [1.165, 1.54) is 24.3 Å². The van der Waals surface area contributed by atoms with Gasteiger partial charge in [-0.05, 0) is 61.4 Å². The summed E-state index contributed by atoms with van der Waals surface area (Å²) < 4.78 is 40.2. The SMILES string of the molecule is CCOc1cc(/C=C2\N=C(c3ccc(N4CCCC4=O)cc3)OC2=O)ccc1OC(F)F. The van der Waals surface area contributed by atoms with Crippen LogP contribution in [0.1, 0.15) is 30.9 Å². The van der Waals surface area contributed by atoms with Gasteiger partial charge in [-0.1, -0.05) is 6.07 Å². The molecule has 0 bridgehead atoms. The number of carbonyl (C=O) groups is 2. The highest BCUT2D eigenvalue weighted by atomic mass is 19.3. The zero-order valence-electron chi connectivity index (χ0n) is 17.2. The number of halogens is 2. The number of cyclic esters (lactones) is 1. The number of hydrogen-bond donors (Lipinski definition) is 0. The fraction of sp³-hybridized carbons (Fsp3) is 0.261. The lowest BCUT2D eigenvalue weighted by Gasteiger charge is -2.15. The minimum absolute atomic E-state index is 0.0590. The Labute approximate surface area is 182 Å². The van der Waals surface area contributed by atoms with E-state index >= 15 is 0 Å². The van der Waals surface area contributed by atoms with Gasteiger partial charge < -0.3 is 19.1 Å². The van der Waals surface area contributed by atoms with E-state index in [0.717, 1.165) is 12.1 Å². The molecule has 2 aromatic carbocycles. The monoisotopic (exact) mass is 442 g/mol. The topological polar surface area (TPSA) is 77.4 Å². The van der Waals surface area contributed by atoms with Crippen molar-refractivity contribution in [3.63, 3.8) is 0 Å². The number of alkyl halides is 2. The summed E-state index contributed by atoms with van der Waals surface area (Å²) in [5.41, 5.74) is 1.94. The second-order valence-electron chi connectivity index (χ2n) is 7.05. The Hall–Kier alpha value is -3.75. The molecule has 32 heavy (non-hydrogen) atoms. The van der Waals surface area contributed by atoms with Gasteiger partial charge in [0.1, 0.15) is 0 Å². The zero-order chi connectivity index (χ0) is 22.7. The van der Waals surface area contributed by atoms with Crippen molar-refractivity contribution >= 4 is 29.5 Å². The van der Waals surface area contributed by atoms with Crippen LogP contribution < -0.4 is 14.4 Å². The third-order valence-electron chi connectivity index (χ3n) is 4.91. The Balaban J connectivity index is 1.56. The highest BCUT2D eigenvalue weighted by Crippen LogP contribution is 2.31. The molecule has 1 fully saturated rings. The summed E-state index contributed by atoms with van der Waals surface area (Å²) in [6, 6.07) is 11.4. The summed E-state index contributed by atoms with van der Waals surface area (Å²) in [6.07, 6.45) is 2.85. The summed E-state index contributed by atoms with van der Waals surface area (Å²) in [5.74, 6) is -0.375. The predicted molar refractivity (Wildman–Crippen MR) is 113 cm³/mol. The van der Waals surface area contributed by atoms with Crippen LogP contribution in [0.5, 0.6) is 11.5 Å². The number of benzene rings is 2. The number of aliphatic imine (C=N–C) groups is 1. The first-order chi connectivity index (χ1) is 15.4. The minimum Gasteiger partial charge on any atom is -0.490 e. The summed E-state index contributed by atoms with van der Waals surface area (Å²) in [4.78, 5) is 30.2. The van der Waals surface area contributed by atoms with Gasteiger partial charge in [-0.15, -0.1) is 0 Å². The lowest BCUT2D eigenvalue weighted by atomic mass is 10.1. The number of amides is 1. The van der Waals surface area contributed by atoms with Gasteiger partial charge in [-0.2, -0.15) is 8.78 Å². The maximum Gasteiger partial charge on any atom is 0.387 e. The third kappa shape index (κ3) is 4.61. The summed E-state index contributed by atoms with van der Waals surface area (Å²) in [7, 11) is 0. The molecule has 1 amide bonds. The minimum atomic E-state index is -2.98. The normalized spacial score (nSPS) is 17.2. The average Bonchev–Trinajstić information content (AvgIpc) is 3.35. The van der Waals surface area contributed by atoms with E-state index in [0.29, 0.717) is 24.1 Å². The maximum absolute atomic E-state index is 12.6. The third-order valence-corrected chi connectivity index (χ3v) is 4.91. The first-order valence-electron chi connectivity index (χ1n) is 10.1. The Morgan fingerprint density at radius 3 is 2.59 bits per heavy atom. The van der Waals surface area contributed by atoms with Crippen LogP contribution in [0.2, 0.25) is 0 Å². The number of rotatable bonds is 7. The van der Waals surface area contributed by atoms with Gasteiger partial charge in [0, 0.05) is 24.2 Å². The average molecular weight is 442 g/mol. The summed E-state index contributed by atoms with van der Waals surface area (Å²) in [6.45, 7) is -0.326. The number of ether oxygens (including phenoxy) is 3. The van der Waals surface area contributed by atoms with Crippen LogP contribution in [0.15, 0.2) is 53.2 Å². The molecule has 4 rings (SSSR count). The van der Waals surface area contributed by atoms with E-state index in [2.05, 4.69) is 9.73 Å². The van der Waals surface area contributed by atoms with Crippen molar-refractivity contribution in [2.45, 2.75) is 26.4 Å². The molecule has 1 saturated heterocycles. The van der Waals surface area contributed by atoms with Gasteiger partial charge in [0.15, 0.2) is 17.2 Å². The highest BCUT2D eigenvalue weighted by Gasteiger charge is 2.26. The number of hydrogen-bond acceptors (Lipinski definition) is 6. The predicted octanol–water partition coefficient (Wildman–Crippen LogP) is 4.16. The fourth-order valence-corrected chi connectivity index (χ4v) is 3.47. The van der Waals surface area contributed by atoms with Gasteiger partial charge in [0.05, 0.1) is 6.61 Å². The second-order valence-corrected chi connectivity index (χ2v) is 7.05. The molecule has 2 aliphatic rings. The van der Waals surface area contributed by atoms with Crippen molar-refractivity contribution in [3.8, 4) is 11.5 Å². The lowest BCUT2D eigenvalue weighted by Crippen LogP contribution is -2.23. The molecule has 0 aromatic heterocycles. The van der Waals surface area contributed by atoms with Gasteiger partial charge >= 0.3 is 12.6 Å². The first kappa shape index (κ1) is 21.5. The quantitative estimate of drug-likeness (QED) is 0.475. The molecule has 2 aliphatic heterocycles. The van der Waals surface area contributed by atoms with E-state index < -0.39 is 12.6 Å². The summed E-state index contributed by atoms with van der Waals surface area (Å²) in [5, 5.41) is 0. The van der Waals surface area contributed by atoms with Crippen molar-refractivity contribution in [3.05, 3.63) is 59.3 Å². The van der Waals surface area contributed by atoms with Crippen molar-refractivity contribution in [2.24, 2.45) is 4.99 Å². The van der Waals surface area contributed by atoms with Crippen LogP contribution >= 0.6 is 0 Å². The zero-order valence-corrected chi connectivity index (χ0v) is 17.2. The Morgan fingerprint density at radius 2 is 1.94 bits per heavy atom. The van der Waals surface area contributed by atoms with Crippen LogP contribution in [-0.2, 0) is 14.3 Å². The number of carbonyl (C=O) groups excluding carboxylic acids is 2. The molecule has 2 aromatic rings. The highest BCUT2D eigenvalue weighted by molar-refractivity contribution is 6.13. The van der Waals surface area contributed by atoms with E-state index in [4.69, 9.17) is 9.47 Å². The molecule has 0 spiro atoms. The standard InChI is InChI=1S/C23H20F2N2O5/c1-2-30-19-13-14(5-10-18(19)31-23(24)25)12-17-22(29)32-21(26-17)15-6-8-16(9-7-15)27-11-3-4-20(27)28/h5-10,12-13,23H,2-4,11H2,1H3/b17-12-. The number of anilines is 1. The van der Waals surface area contributed by atoms with Gasteiger partial charge in [-0.3, -0.25) is 4.79 Å². The van der Waals surface area contributed by atoms with Crippen LogP contribution in [-0.4, -0.2) is 37.5 Å². The van der Waals surface area contributed by atoms with Crippen LogP contribution in [0, 0.1) is 0 Å². The van der Waals surface area contributed by atoms with Crippen molar-refractivity contribution in [1.29, 1.82) is 0 Å².